The van der Waals surface area contributed by atoms with Gasteiger partial charge in [0.15, 0.2) is 4.77 Å². The van der Waals surface area contributed by atoms with Crippen molar-refractivity contribution >= 4 is 46.3 Å². The van der Waals surface area contributed by atoms with Gasteiger partial charge in [0.1, 0.15) is 5.75 Å². The van der Waals surface area contributed by atoms with Crippen LogP contribution < -0.4 is 15.6 Å². The summed E-state index contributed by atoms with van der Waals surface area (Å²) in [5, 5.41) is 3.64. The van der Waals surface area contributed by atoms with Gasteiger partial charge in [-0.05, 0) is 61.5 Å². The number of carbonyl (C=O) groups excluding carboxylic acids is 1. The summed E-state index contributed by atoms with van der Waals surface area (Å²) in [7, 11) is 1.52. The van der Waals surface area contributed by atoms with Crippen LogP contribution in [-0.4, -0.2) is 35.3 Å². The van der Waals surface area contributed by atoms with Gasteiger partial charge in [-0.3, -0.25) is 14.2 Å². The van der Waals surface area contributed by atoms with Gasteiger partial charge in [0, 0.05) is 17.9 Å². The monoisotopic (exact) mass is 445 g/mol. The van der Waals surface area contributed by atoms with E-state index < -0.39 is 0 Å². The zero-order valence-electron chi connectivity index (χ0n) is 16.2. The molecule has 0 unspecified atom stereocenters. The standard InChI is InChI=1S/C21H20ClN3O4S/c1-28-18-7-5-13(10-16(18)22)23-19(26)12-4-6-15-17(9-12)24-21(30)25(20(15)27)11-14-3-2-8-29-14/h4-7,9-10,14H,2-3,8,11H2,1H3,(H,23,26)(H,24,30)/t14-/m0/s1. The van der Waals surface area contributed by atoms with Gasteiger partial charge in [0.2, 0.25) is 0 Å². The van der Waals surface area contributed by atoms with Crippen LogP contribution in [0.1, 0.15) is 23.2 Å². The van der Waals surface area contributed by atoms with E-state index >= 15 is 0 Å². The van der Waals surface area contributed by atoms with Gasteiger partial charge in [-0.25, -0.2) is 0 Å². The third-order valence-electron chi connectivity index (χ3n) is 5.06. The Hall–Kier alpha value is -2.68. The second-order valence-electron chi connectivity index (χ2n) is 7.04. The van der Waals surface area contributed by atoms with Gasteiger partial charge in [-0.1, -0.05) is 11.6 Å². The summed E-state index contributed by atoms with van der Waals surface area (Å²) in [5.74, 6) is 0.188. The molecule has 1 fully saturated rings. The van der Waals surface area contributed by atoms with Crippen molar-refractivity contribution < 1.29 is 14.3 Å². The molecular weight excluding hydrogens is 426 g/mol. The molecule has 0 bridgehead atoms. The van der Waals surface area contributed by atoms with Crippen LogP contribution in [-0.2, 0) is 11.3 Å². The molecule has 0 aliphatic carbocycles. The Labute approximate surface area is 182 Å². The van der Waals surface area contributed by atoms with Crippen LogP contribution in [0.2, 0.25) is 5.02 Å². The molecule has 9 heteroatoms. The van der Waals surface area contributed by atoms with E-state index in [0.717, 1.165) is 12.8 Å². The first-order valence-electron chi connectivity index (χ1n) is 9.49. The molecule has 1 aromatic heterocycles. The molecule has 4 rings (SSSR count). The minimum atomic E-state index is -0.332. The summed E-state index contributed by atoms with van der Waals surface area (Å²) in [4.78, 5) is 28.6. The number of aromatic nitrogens is 2. The van der Waals surface area contributed by atoms with Crippen molar-refractivity contribution in [2.24, 2.45) is 0 Å². The Bertz CT molecular complexity index is 1230. The van der Waals surface area contributed by atoms with Crippen molar-refractivity contribution in [2.75, 3.05) is 19.0 Å². The summed E-state index contributed by atoms with van der Waals surface area (Å²) < 4.78 is 12.6. The van der Waals surface area contributed by atoms with Gasteiger partial charge >= 0.3 is 0 Å². The van der Waals surface area contributed by atoms with E-state index in [1.54, 1.807) is 36.4 Å². The summed E-state index contributed by atoms with van der Waals surface area (Å²) in [6.07, 6.45) is 1.89. The molecule has 1 atom stereocenters. The van der Waals surface area contributed by atoms with Crippen LogP contribution in [0.25, 0.3) is 10.9 Å². The molecule has 1 aliphatic heterocycles. The number of carbonyl (C=O) groups is 1. The molecular formula is C21H20ClN3O4S. The van der Waals surface area contributed by atoms with Gasteiger partial charge in [-0.2, -0.15) is 0 Å². The van der Waals surface area contributed by atoms with Gasteiger partial charge in [-0.15, -0.1) is 0 Å². The predicted molar refractivity (Wildman–Crippen MR) is 118 cm³/mol. The van der Waals surface area contributed by atoms with Crippen LogP contribution in [0, 0.1) is 4.77 Å². The molecule has 0 radical (unpaired) electrons. The Morgan fingerprint density at radius 1 is 1.37 bits per heavy atom. The highest BCUT2D eigenvalue weighted by molar-refractivity contribution is 7.71. The number of anilines is 1. The van der Waals surface area contributed by atoms with E-state index in [2.05, 4.69) is 10.3 Å². The quantitative estimate of drug-likeness (QED) is 0.576. The number of H-pyrrole nitrogens is 1. The van der Waals surface area contributed by atoms with E-state index in [1.807, 2.05) is 0 Å². The lowest BCUT2D eigenvalue weighted by Crippen LogP contribution is -2.28. The number of ether oxygens (including phenoxy) is 2. The van der Waals surface area contributed by atoms with Crippen molar-refractivity contribution in [3.8, 4) is 5.75 Å². The Kier molecular flexibility index (Phi) is 5.90. The molecule has 2 aromatic carbocycles. The highest BCUT2D eigenvalue weighted by atomic mass is 35.5. The lowest BCUT2D eigenvalue weighted by molar-refractivity contribution is 0.0957. The molecule has 156 valence electrons. The number of amides is 1. The summed E-state index contributed by atoms with van der Waals surface area (Å²) in [5.41, 5.74) is 1.23. The maximum absolute atomic E-state index is 12.9. The number of rotatable bonds is 5. The molecule has 2 heterocycles. The summed E-state index contributed by atoms with van der Waals surface area (Å²) in [6, 6.07) is 9.83. The van der Waals surface area contributed by atoms with Crippen LogP contribution in [0.5, 0.6) is 5.75 Å². The van der Waals surface area contributed by atoms with E-state index in [0.29, 0.717) is 50.8 Å². The largest absolute Gasteiger partial charge is 0.495 e. The smallest absolute Gasteiger partial charge is 0.262 e. The van der Waals surface area contributed by atoms with Gasteiger partial charge in [0.25, 0.3) is 11.5 Å². The van der Waals surface area contributed by atoms with E-state index in [9.17, 15) is 9.59 Å². The number of halogens is 1. The molecule has 30 heavy (non-hydrogen) atoms. The topological polar surface area (TPSA) is 85.3 Å². The molecule has 2 N–H and O–H groups in total. The second-order valence-corrected chi connectivity index (χ2v) is 7.84. The normalized spacial score (nSPS) is 16.0. The molecule has 1 saturated heterocycles. The highest BCUT2D eigenvalue weighted by Crippen LogP contribution is 2.27. The molecule has 1 amide bonds. The number of aromatic amines is 1. The minimum Gasteiger partial charge on any atom is -0.495 e. The zero-order chi connectivity index (χ0) is 21.3. The van der Waals surface area contributed by atoms with E-state index in [-0.39, 0.29) is 17.6 Å². The fourth-order valence-corrected chi connectivity index (χ4v) is 4.03. The van der Waals surface area contributed by atoms with Crippen molar-refractivity contribution in [2.45, 2.75) is 25.5 Å². The first-order chi connectivity index (χ1) is 14.5. The number of methoxy groups -OCH3 is 1. The maximum atomic E-state index is 12.9. The van der Waals surface area contributed by atoms with Crippen molar-refractivity contribution in [3.63, 3.8) is 0 Å². The average molecular weight is 446 g/mol. The Morgan fingerprint density at radius 2 is 2.20 bits per heavy atom. The number of hydrogen-bond donors (Lipinski definition) is 2. The zero-order valence-corrected chi connectivity index (χ0v) is 17.8. The molecule has 1 aliphatic rings. The third-order valence-corrected chi connectivity index (χ3v) is 5.68. The van der Waals surface area contributed by atoms with Crippen molar-refractivity contribution in [1.29, 1.82) is 0 Å². The summed E-state index contributed by atoms with van der Waals surface area (Å²) >= 11 is 11.5. The predicted octanol–water partition coefficient (Wildman–Crippen LogP) is 4.15. The first kappa shape index (κ1) is 20.6. The summed E-state index contributed by atoms with van der Waals surface area (Å²) in [6.45, 7) is 1.13. The third kappa shape index (κ3) is 4.12. The molecule has 0 saturated carbocycles. The lowest BCUT2D eigenvalue weighted by Gasteiger charge is -2.13. The highest BCUT2D eigenvalue weighted by Gasteiger charge is 2.18. The number of hydrogen-bond acceptors (Lipinski definition) is 5. The SMILES string of the molecule is COc1ccc(NC(=O)c2ccc3c(=O)n(C[C@@H]4CCCO4)c(=S)[nH]c3c2)cc1Cl. The molecule has 0 spiro atoms. The number of benzene rings is 2. The van der Waals surface area contributed by atoms with Gasteiger partial charge < -0.3 is 19.8 Å². The minimum absolute atomic E-state index is 0.00313. The van der Waals surface area contributed by atoms with Crippen LogP contribution >= 0.6 is 23.8 Å². The van der Waals surface area contributed by atoms with Crippen LogP contribution in [0.15, 0.2) is 41.2 Å². The number of fused-ring (bicyclic) bond motifs is 1. The van der Waals surface area contributed by atoms with Crippen LogP contribution in [0.4, 0.5) is 5.69 Å². The van der Waals surface area contributed by atoms with Crippen molar-refractivity contribution in [1.82, 2.24) is 9.55 Å². The number of nitrogens with zero attached hydrogens (tertiary/aromatic N) is 1. The maximum Gasteiger partial charge on any atom is 0.262 e. The first-order valence-corrected chi connectivity index (χ1v) is 10.3. The van der Waals surface area contributed by atoms with Crippen LogP contribution in [0.3, 0.4) is 0 Å². The Morgan fingerprint density at radius 3 is 2.90 bits per heavy atom. The Balaban J connectivity index is 1.61. The van der Waals surface area contributed by atoms with E-state index in [1.165, 1.54) is 11.7 Å². The molecule has 7 nitrogen and oxygen atoms in total. The molecule has 3 aromatic rings. The van der Waals surface area contributed by atoms with E-state index in [4.69, 9.17) is 33.3 Å². The number of nitrogens with one attached hydrogen (secondary N) is 2. The average Bonchev–Trinajstić information content (AvgIpc) is 3.24. The fraction of sp³-hybridized carbons (Fsp3) is 0.286. The fourth-order valence-electron chi connectivity index (χ4n) is 3.50. The second kappa shape index (κ2) is 8.59. The lowest BCUT2D eigenvalue weighted by atomic mass is 10.1. The van der Waals surface area contributed by atoms with Crippen molar-refractivity contribution in [3.05, 3.63) is 62.1 Å². The van der Waals surface area contributed by atoms with Gasteiger partial charge in [0.05, 0.1) is 35.7 Å².